The number of rotatable bonds is 6. The van der Waals surface area contributed by atoms with E-state index in [4.69, 9.17) is 21.1 Å². The predicted octanol–water partition coefficient (Wildman–Crippen LogP) is 2.44. The van der Waals surface area contributed by atoms with Crippen LogP contribution in [0.4, 0.5) is 4.79 Å². The van der Waals surface area contributed by atoms with Gasteiger partial charge in [0.1, 0.15) is 11.9 Å². The Kier molecular flexibility index (Phi) is 6.14. The average molecular weight is 313 g/mol. The van der Waals surface area contributed by atoms with Crippen LogP contribution in [-0.2, 0) is 4.74 Å². The summed E-state index contributed by atoms with van der Waals surface area (Å²) in [5.74, 6) is 1.12. The summed E-state index contributed by atoms with van der Waals surface area (Å²) in [4.78, 5) is 11.7. The first-order chi connectivity index (χ1) is 10.1. The molecule has 21 heavy (non-hydrogen) atoms. The fourth-order valence-electron chi connectivity index (χ4n) is 2.09. The first kappa shape index (κ1) is 15.9. The third-order valence-corrected chi connectivity index (χ3v) is 3.49. The van der Waals surface area contributed by atoms with Gasteiger partial charge in [-0.1, -0.05) is 17.7 Å². The summed E-state index contributed by atoms with van der Waals surface area (Å²) in [6.07, 6.45) is 0.873. The highest BCUT2D eigenvalue weighted by Crippen LogP contribution is 2.18. The quantitative estimate of drug-likeness (QED) is 0.848. The first-order valence-electron chi connectivity index (χ1n) is 7.15. The summed E-state index contributed by atoms with van der Waals surface area (Å²) in [6.45, 7) is 4.49. The van der Waals surface area contributed by atoms with Gasteiger partial charge in [-0.3, -0.25) is 0 Å². The molecule has 2 atom stereocenters. The van der Waals surface area contributed by atoms with Crippen LogP contribution >= 0.6 is 11.6 Å². The molecule has 1 aliphatic rings. The molecule has 0 aliphatic carbocycles. The summed E-state index contributed by atoms with van der Waals surface area (Å²) in [6, 6.07) is 7.02. The van der Waals surface area contributed by atoms with E-state index < -0.39 is 0 Å². The number of hydrogen-bond donors (Lipinski definition) is 2. The number of amides is 2. The Bertz CT molecular complexity index is 464. The van der Waals surface area contributed by atoms with E-state index in [1.54, 1.807) is 12.1 Å². The topological polar surface area (TPSA) is 59.6 Å². The van der Waals surface area contributed by atoms with Gasteiger partial charge in [0.15, 0.2) is 0 Å². The molecule has 0 bridgehead atoms. The minimum absolute atomic E-state index is 0.135. The number of carbonyl (C=O) groups is 1. The van der Waals surface area contributed by atoms with Gasteiger partial charge in [-0.15, -0.1) is 0 Å². The molecule has 0 aromatic heterocycles. The fraction of sp³-hybridized carbons (Fsp3) is 0.533. The zero-order chi connectivity index (χ0) is 15.1. The number of ether oxygens (including phenoxy) is 2. The molecule has 6 heteroatoms. The van der Waals surface area contributed by atoms with Crippen molar-refractivity contribution >= 4 is 17.6 Å². The molecule has 1 aromatic carbocycles. The highest BCUT2D eigenvalue weighted by Gasteiger charge is 2.16. The van der Waals surface area contributed by atoms with Crippen molar-refractivity contribution in [3.63, 3.8) is 0 Å². The maximum Gasteiger partial charge on any atom is 0.314 e. The monoisotopic (exact) mass is 312 g/mol. The zero-order valence-corrected chi connectivity index (χ0v) is 12.9. The van der Waals surface area contributed by atoms with Crippen molar-refractivity contribution in [1.29, 1.82) is 0 Å². The lowest BCUT2D eigenvalue weighted by Gasteiger charge is -2.16. The Hall–Kier alpha value is -1.46. The van der Waals surface area contributed by atoms with Crippen molar-refractivity contribution in [2.24, 2.45) is 5.92 Å². The number of urea groups is 1. The molecular weight excluding hydrogens is 292 g/mol. The van der Waals surface area contributed by atoms with Gasteiger partial charge in [0.25, 0.3) is 0 Å². The Balaban J connectivity index is 1.63. The minimum Gasteiger partial charge on any atom is -0.489 e. The van der Waals surface area contributed by atoms with Crippen LogP contribution < -0.4 is 15.4 Å². The molecule has 2 N–H and O–H groups in total. The molecule has 0 saturated carbocycles. The number of benzene rings is 1. The van der Waals surface area contributed by atoms with E-state index >= 15 is 0 Å². The molecule has 116 valence electrons. The standard InChI is InChI=1S/C15H21ClN2O3/c1-11(21-14-4-2-3-13(16)7-14)8-17-15(19)18-9-12-5-6-20-10-12/h2-4,7,11-12H,5-6,8-10H2,1H3,(H2,17,18,19). The highest BCUT2D eigenvalue weighted by atomic mass is 35.5. The van der Waals surface area contributed by atoms with Crippen LogP contribution in [0.5, 0.6) is 5.75 Å². The largest absolute Gasteiger partial charge is 0.489 e. The fourth-order valence-corrected chi connectivity index (χ4v) is 2.27. The maximum atomic E-state index is 11.7. The lowest BCUT2D eigenvalue weighted by molar-refractivity contribution is 0.184. The second-order valence-corrected chi connectivity index (χ2v) is 5.64. The Morgan fingerprint density at radius 2 is 2.38 bits per heavy atom. The third kappa shape index (κ3) is 5.81. The van der Waals surface area contributed by atoms with Crippen LogP contribution in [0.25, 0.3) is 0 Å². The van der Waals surface area contributed by atoms with E-state index in [1.165, 1.54) is 0 Å². The number of carbonyl (C=O) groups excluding carboxylic acids is 1. The average Bonchev–Trinajstić information content (AvgIpc) is 2.96. The van der Waals surface area contributed by atoms with Gasteiger partial charge in [0.05, 0.1) is 13.2 Å². The van der Waals surface area contributed by atoms with Gasteiger partial charge in [-0.2, -0.15) is 0 Å². The van der Waals surface area contributed by atoms with E-state index in [-0.39, 0.29) is 12.1 Å². The Labute approximate surface area is 130 Å². The van der Waals surface area contributed by atoms with Crippen LogP contribution in [-0.4, -0.2) is 38.4 Å². The molecular formula is C15H21ClN2O3. The van der Waals surface area contributed by atoms with Crippen molar-refractivity contribution in [1.82, 2.24) is 10.6 Å². The summed E-state index contributed by atoms with van der Waals surface area (Å²) in [7, 11) is 0. The first-order valence-corrected chi connectivity index (χ1v) is 7.53. The molecule has 2 rings (SSSR count). The molecule has 1 heterocycles. The molecule has 0 radical (unpaired) electrons. The summed E-state index contributed by atoms with van der Waals surface area (Å²) in [5, 5.41) is 6.27. The van der Waals surface area contributed by atoms with Gasteiger partial charge in [-0.05, 0) is 31.5 Å². The predicted molar refractivity (Wildman–Crippen MR) is 81.9 cm³/mol. The molecule has 0 spiro atoms. The van der Waals surface area contributed by atoms with Crippen molar-refractivity contribution in [2.45, 2.75) is 19.4 Å². The number of nitrogens with one attached hydrogen (secondary N) is 2. The molecule has 1 saturated heterocycles. The number of halogens is 1. The second-order valence-electron chi connectivity index (χ2n) is 5.21. The maximum absolute atomic E-state index is 11.7. The molecule has 1 fully saturated rings. The van der Waals surface area contributed by atoms with Gasteiger partial charge >= 0.3 is 6.03 Å². The van der Waals surface area contributed by atoms with E-state index in [1.807, 2.05) is 19.1 Å². The zero-order valence-electron chi connectivity index (χ0n) is 12.1. The summed E-state index contributed by atoms with van der Waals surface area (Å²) in [5.41, 5.74) is 0. The van der Waals surface area contributed by atoms with Crippen molar-refractivity contribution in [2.75, 3.05) is 26.3 Å². The Morgan fingerprint density at radius 3 is 3.10 bits per heavy atom. The SMILES string of the molecule is CC(CNC(=O)NCC1CCOC1)Oc1cccc(Cl)c1. The minimum atomic E-state index is -0.177. The summed E-state index contributed by atoms with van der Waals surface area (Å²) < 4.78 is 10.9. The van der Waals surface area contributed by atoms with Crippen molar-refractivity contribution in [3.05, 3.63) is 29.3 Å². The molecule has 2 amide bonds. The third-order valence-electron chi connectivity index (χ3n) is 3.26. The van der Waals surface area contributed by atoms with Crippen LogP contribution in [0.15, 0.2) is 24.3 Å². The smallest absolute Gasteiger partial charge is 0.314 e. The van der Waals surface area contributed by atoms with Gasteiger partial charge in [-0.25, -0.2) is 4.79 Å². The molecule has 2 unspecified atom stereocenters. The normalized spacial score (nSPS) is 19.0. The second kappa shape index (κ2) is 8.10. The van der Waals surface area contributed by atoms with E-state index in [0.29, 0.717) is 29.8 Å². The van der Waals surface area contributed by atoms with Crippen molar-refractivity contribution < 1.29 is 14.3 Å². The lowest BCUT2D eigenvalue weighted by Crippen LogP contribution is -2.42. The molecule has 1 aromatic rings. The van der Waals surface area contributed by atoms with E-state index in [2.05, 4.69) is 10.6 Å². The molecule has 1 aliphatic heterocycles. The van der Waals surface area contributed by atoms with Gasteiger partial charge in [0.2, 0.25) is 0 Å². The van der Waals surface area contributed by atoms with Crippen LogP contribution in [0.1, 0.15) is 13.3 Å². The van der Waals surface area contributed by atoms with Gasteiger partial charge < -0.3 is 20.1 Å². The number of hydrogen-bond acceptors (Lipinski definition) is 3. The van der Waals surface area contributed by atoms with Crippen LogP contribution in [0.2, 0.25) is 5.02 Å². The molecule has 5 nitrogen and oxygen atoms in total. The van der Waals surface area contributed by atoms with Crippen LogP contribution in [0, 0.1) is 5.92 Å². The van der Waals surface area contributed by atoms with Gasteiger partial charge in [0, 0.05) is 24.1 Å². The van der Waals surface area contributed by atoms with E-state index in [0.717, 1.165) is 19.6 Å². The lowest BCUT2D eigenvalue weighted by atomic mass is 10.1. The van der Waals surface area contributed by atoms with Crippen molar-refractivity contribution in [3.8, 4) is 5.75 Å². The van der Waals surface area contributed by atoms with Crippen LogP contribution in [0.3, 0.4) is 0 Å². The van der Waals surface area contributed by atoms with E-state index in [9.17, 15) is 4.79 Å². The highest BCUT2D eigenvalue weighted by molar-refractivity contribution is 6.30. The summed E-state index contributed by atoms with van der Waals surface area (Å²) >= 11 is 5.89. The Morgan fingerprint density at radius 1 is 1.52 bits per heavy atom.